The molecule has 0 aliphatic carbocycles. The fourth-order valence-corrected chi connectivity index (χ4v) is 1.88. The van der Waals surface area contributed by atoms with Gasteiger partial charge in [0.05, 0.1) is 11.6 Å². The molecule has 0 aromatic heterocycles. The molecule has 2 amide bonds. The van der Waals surface area contributed by atoms with Crippen molar-refractivity contribution < 1.29 is 9.59 Å². The van der Waals surface area contributed by atoms with Gasteiger partial charge in [-0.25, -0.2) is 0 Å². The van der Waals surface area contributed by atoms with Gasteiger partial charge in [0.15, 0.2) is 0 Å². The molecule has 0 heterocycles. The Balaban J connectivity index is 2.56. The summed E-state index contributed by atoms with van der Waals surface area (Å²) < 4.78 is 0.876. The van der Waals surface area contributed by atoms with Crippen molar-refractivity contribution in [3.8, 4) is 0 Å². The average molecular weight is 395 g/mol. The zero-order valence-corrected chi connectivity index (χ0v) is 13.9. The van der Waals surface area contributed by atoms with Crippen molar-refractivity contribution in [2.45, 2.75) is 26.3 Å². The Morgan fingerprint density at radius 1 is 1.32 bits per heavy atom. The number of carbonyl (C=O) groups is 2. The smallest absolute Gasteiger partial charge is 0.251 e. The molecule has 0 radical (unpaired) electrons. The molecule has 0 aliphatic rings. The van der Waals surface area contributed by atoms with Gasteiger partial charge in [-0.3, -0.25) is 9.59 Å². The van der Waals surface area contributed by atoms with Crippen molar-refractivity contribution in [1.29, 1.82) is 0 Å². The van der Waals surface area contributed by atoms with Crippen molar-refractivity contribution in [2.75, 3.05) is 6.54 Å². The Morgan fingerprint density at radius 2 is 1.95 bits per heavy atom. The number of hydrogen-bond acceptors (Lipinski definition) is 2. The standard InChI is InChI=1S/C13H16ClIN2O2/c1-13(2,3)17-11(18)7-16-12(19)8-4-5-10(15)9(14)6-8/h4-6H,7H2,1-3H3,(H,16,19)(H,17,18). The first kappa shape index (κ1) is 16.2. The van der Waals surface area contributed by atoms with Crippen LogP contribution in [0.2, 0.25) is 5.02 Å². The van der Waals surface area contributed by atoms with Crippen LogP contribution < -0.4 is 10.6 Å². The highest BCUT2D eigenvalue weighted by atomic mass is 127. The van der Waals surface area contributed by atoms with E-state index in [0.717, 1.165) is 3.57 Å². The van der Waals surface area contributed by atoms with Crippen molar-refractivity contribution in [2.24, 2.45) is 0 Å². The van der Waals surface area contributed by atoms with Crippen LogP contribution in [0.4, 0.5) is 0 Å². The summed E-state index contributed by atoms with van der Waals surface area (Å²) in [6.07, 6.45) is 0. The fourth-order valence-electron chi connectivity index (χ4n) is 1.36. The monoisotopic (exact) mass is 394 g/mol. The maximum absolute atomic E-state index is 11.8. The number of nitrogens with one attached hydrogen (secondary N) is 2. The lowest BCUT2D eigenvalue weighted by Gasteiger charge is -2.20. The highest BCUT2D eigenvalue weighted by Crippen LogP contribution is 2.19. The highest BCUT2D eigenvalue weighted by Gasteiger charge is 2.15. The number of carbonyl (C=O) groups excluding carboxylic acids is 2. The van der Waals surface area contributed by atoms with E-state index in [1.807, 2.05) is 20.8 Å². The Morgan fingerprint density at radius 3 is 2.47 bits per heavy atom. The maximum atomic E-state index is 11.8. The molecule has 0 atom stereocenters. The van der Waals surface area contributed by atoms with E-state index in [1.54, 1.807) is 18.2 Å². The predicted molar refractivity (Wildman–Crippen MR) is 84.4 cm³/mol. The van der Waals surface area contributed by atoms with E-state index in [-0.39, 0.29) is 23.9 Å². The Bertz CT molecular complexity index is 498. The second-order valence-electron chi connectivity index (χ2n) is 5.11. The third kappa shape index (κ3) is 5.78. The molecule has 0 saturated heterocycles. The summed E-state index contributed by atoms with van der Waals surface area (Å²) >= 11 is 8.02. The van der Waals surface area contributed by atoms with Gasteiger partial charge < -0.3 is 10.6 Å². The van der Waals surface area contributed by atoms with Crippen LogP contribution in [-0.2, 0) is 4.79 Å². The molecule has 6 heteroatoms. The Hall–Kier alpha value is -0.820. The van der Waals surface area contributed by atoms with Crippen LogP contribution in [0.25, 0.3) is 0 Å². The van der Waals surface area contributed by atoms with Gasteiger partial charge >= 0.3 is 0 Å². The minimum atomic E-state index is -0.317. The quantitative estimate of drug-likeness (QED) is 0.774. The number of rotatable bonds is 3. The SMILES string of the molecule is CC(C)(C)NC(=O)CNC(=O)c1ccc(I)c(Cl)c1. The third-order valence-corrected chi connectivity index (χ3v) is 3.68. The topological polar surface area (TPSA) is 58.2 Å². The van der Waals surface area contributed by atoms with Gasteiger partial charge in [-0.2, -0.15) is 0 Å². The van der Waals surface area contributed by atoms with E-state index in [4.69, 9.17) is 11.6 Å². The molecule has 1 aromatic rings. The molecule has 1 rings (SSSR count). The molecule has 0 bridgehead atoms. The molecule has 4 nitrogen and oxygen atoms in total. The average Bonchev–Trinajstić information content (AvgIpc) is 2.27. The molecule has 0 aliphatic heterocycles. The van der Waals surface area contributed by atoms with Gasteiger partial charge in [-0.05, 0) is 61.6 Å². The summed E-state index contributed by atoms with van der Waals surface area (Å²) in [5.74, 6) is -0.542. The van der Waals surface area contributed by atoms with E-state index in [2.05, 4.69) is 33.2 Å². The largest absolute Gasteiger partial charge is 0.350 e. The predicted octanol–water partition coefficient (Wildman–Crippen LogP) is 2.59. The fraction of sp³-hybridized carbons (Fsp3) is 0.385. The van der Waals surface area contributed by atoms with Gasteiger partial charge in [0.1, 0.15) is 0 Å². The third-order valence-electron chi connectivity index (χ3n) is 2.11. The maximum Gasteiger partial charge on any atom is 0.251 e. The first-order chi connectivity index (χ1) is 8.69. The zero-order valence-electron chi connectivity index (χ0n) is 11.0. The summed E-state index contributed by atoms with van der Waals surface area (Å²) in [5.41, 5.74) is 0.127. The Kier molecular flexibility index (Phi) is 5.61. The molecule has 0 unspecified atom stereocenters. The van der Waals surface area contributed by atoms with Gasteiger partial charge in [0.25, 0.3) is 5.91 Å². The van der Waals surface area contributed by atoms with Crippen LogP contribution >= 0.6 is 34.2 Å². The van der Waals surface area contributed by atoms with Crippen LogP contribution in [0.3, 0.4) is 0 Å². The molecule has 104 valence electrons. The normalized spacial score (nSPS) is 11.0. The summed E-state index contributed by atoms with van der Waals surface area (Å²) in [7, 11) is 0. The van der Waals surface area contributed by atoms with E-state index in [0.29, 0.717) is 10.6 Å². The zero-order chi connectivity index (χ0) is 14.6. The summed E-state index contributed by atoms with van der Waals surface area (Å²) in [6.45, 7) is 5.59. The summed E-state index contributed by atoms with van der Waals surface area (Å²) in [5, 5.41) is 5.84. The van der Waals surface area contributed by atoms with Crippen LogP contribution in [-0.4, -0.2) is 23.9 Å². The molecule has 2 N–H and O–H groups in total. The van der Waals surface area contributed by atoms with Crippen molar-refractivity contribution >= 4 is 46.0 Å². The first-order valence-electron chi connectivity index (χ1n) is 5.73. The second kappa shape index (κ2) is 6.56. The molecule has 0 fully saturated rings. The molecule has 19 heavy (non-hydrogen) atoms. The molecular formula is C13H16ClIN2O2. The van der Waals surface area contributed by atoms with Crippen LogP contribution in [0.5, 0.6) is 0 Å². The van der Waals surface area contributed by atoms with Gasteiger partial charge in [-0.1, -0.05) is 11.6 Å². The highest BCUT2D eigenvalue weighted by molar-refractivity contribution is 14.1. The number of amides is 2. The van der Waals surface area contributed by atoms with Gasteiger partial charge in [-0.15, -0.1) is 0 Å². The minimum absolute atomic E-state index is 0.0558. The summed E-state index contributed by atoms with van der Waals surface area (Å²) in [6, 6.07) is 5.01. The van der Waals surface area contributed by atoms with Crippen LogP contribution in [0.15, 0.2) is 18.2 Å². The number of halogens is 2. The molecule has 0 spiro atoms. The van der Waals surface area contributed by atoms with E-state index in [9.17, 15) is 9.59 Å². The van der Waals surface area contributed by atoms with Gasteiger partial charge in [0.2, 0.25) is 5.91 Å². The van der Waals surface area contributed by atoms with E-state index >= 15 is 0 Å². The number of benzene rings is 1. The molecule has 1 aromatic carbocycles. The lowest BCUT2D eigenvalue weighted by Crippen LogP contribution is -2.45. The van der Waals surface area contributed by atoms with Crippen molar-refractivity contribution in [3.05, 3.63) is 32.4 Å². The Labute approximate surface area is 131 Å². The summed E-state index contributed by atoms with van der Waals surface area (Å²) in [4.78, 5) is 23.4. The number of hydrogen-bond donors (Lipinski definition) is 2. The minimum Gasteiger partial charge on any atom is -0.350 e. The van der Waals surface area contributed by atoms with E-state index < -0.39 is 0 Å². The molecular weight excluding hydrogens is 379 g/mol. The van der Waals surface area contributed by atoms with Crippen molar-refractivity contribution in [3.63, 3.8) is 0 Å². The van der Waals surface area contributed by atoms with E-state index in [1.165, 1.54) is 0 Å². The van der Waals surface area contributed by atoms with Crippen molar-refractivity contribution in [1.82, 2.24) is 10.6 Å². The second-order valence-corrected chi connectivity index (χ2v) is 6.68. The van der Waals surface area contributed by atoms with Crippen LogP contribution in [0.1, 0.15) is 31.1 Å². The lowest BCUT2D eigenvalue weighted by molar-refractivity contribution is -0.121. The first-order valence-corrected chi connectivity index (χ1v) is 7.19. The lowest BCUT2D eigenvalue weighted by atomic mass is 10.1. The molecule has 0 saturated carbocycles. The van der Waals surface area contributed by atoms with Crippen LogP contribution in [0, 0.1) is 3.57 Å². The van der Waals surface area contributed by atoms with Gasteiger partial charge in [0, 0.05) is 14.7 Å².